The number of nitrogens with zero attached hydrogens (tertiary/aromatic N) is 5. The van der Waals surface area contributed by atoms with Gasteiger partial charge in [0.1, 0.15) is 5.75 Å². The van der Waals surface area contributed by atoms with Crippen LogP contribution >= 0.6 is 11.3 Å². The minimum absolute atomic E-state index is 0.00833. The molecular formula is C29H33N5O4S. The topological polar surface area (TPSA) is 99.1 Å². The molecule has 39 heavy (non-hydrogen) atoms. The van der Waals surface area contributed by atoms with Crippen LogP contribution in [0.1, 0.15) is 35.4 Å². The smallest absolute Gasteiger partial charge is 0.264 e. The van der Waals surface area contributed by atoms with Gasteiger partial charge in [-0.1, -0.05) is 18.7 Å². The predicted molar refractivity (Wildman–Crippen MR) is 151 cm³/mol. The van der Waals surface area contributed by atoms with E-state index in [1.165, 1.54) is 17.4 Å². The number of morpholine rings is 1. The fourth-order valence-electron chi connectivity index (χ4n) is 5.95. The standard InChI is InChI=1S/C29H33N5O4S/c1-2-24(36)32-10-6-29(7-11-32)8-12-34(13-9-29)28(37)23-19-22-25(39-23)27(33-14-16-38-17-15-33)31-26(30-22)20-4-3-5-21(35)18-20/h2-5,18-19,35H,1,6-17H2. The molecule has 2 amide bonds. The minimum Gasteiger partial charge on any atom is -0.508 e. The molecule has 3 aliphatic heterocycles. The van der Waals surface area contributed by atoms with Gasteiger partial charge in [-0.25, -0.2) is 9.97 Å². The number of ether oxygens (including phenoxy) is 1. The first-order valence-corrected chi connectivity index (χ1v) is 14.4. The van der Waals surface area contributed by atoms with Gasteiger partial charge < -0.3 is 24.5 Å². The second-order valence-electron chi connectivity index (χ2n) is 10.7. The first-order chi connectivity index (χ1) is 18.9. The molecule has 0 radical (unpaired) electrons. The number of carbonyl (C=O) groups is 2. The van der Waals surface area contributed by atoms with Crippen molar-refractivity contribution in [3.05, 3.63) is 47.9 Å². The molecule has 3 saturated heterocycles. The number of amides is 2. The number of phenols is 1. The number of phenolic OH excluding ortho intramolecular Hbond substituents is 1. The van der Waals surface area contributed by atoms with Crippen LogP contribution in [0.2, 0.25) is 0 Å². The summed E-state index contributed by atoms with van der Waals surface area (Å²) in [5.41, 5.74) is 1.68. The van der Waals surface area contributed by atoms with Crippen molar-refractivity contribution in [1.29, 1.82) is 0 Å². The van der Waals surface area contributed by atoms with Crippen molar-refractivity contribution in [1.82, 2.24) is 19.8 Å². The van der Waals surface area contributed by atoms with E-state index in [-0.39, 0.29) is 23.0 Å². The van der Waals surface area contributed by atoms with Gasteiger partial charge in [0.05, 0.1) is 28.3 Å². The van der Waals surface area contributed by atoms with E-state index in [1.54, 1.807) is 18.2 Å². The van der Waals surface area contributed by atoms with E-state index in [2.05, 4.69) is 11.5 Å². The number of hydrogen-bond acceptors (Lipinski definition) is 8. The monoisotopic (exact) mass is 547 g/mol. The Morgan fingerprint density at radius 3 is 2.33 bits per heavy atom. The van der Waals surface area contributed by atoms with Gasteiger partial charge in [0.2, 0.25) is 5.91 Å². The summed E-state index contributed by atoms with van der Waals surface area (Å²) < 4.78 is 6.46. The molecule has 0 atom stereocenters. The Hall–Kier alpha value is -3.50. The Kier molecular flexibility index (Phi) is 6.99. The van der Waals surface area contributed by atoms with Gasteiger partial charge in [0, 0.05) is 44.8 Å². The molecule has 204 valence electrons. The number of fused-ring (bicyclic) bond motifs is 1. The van der Waals surface area contributed by atoms with Crippen molar-refractivity contribution in [3.63, 3.8) is 0 Å². The molecule has 3 aromatic rings. The maximum absolute atomic E-state index is 13.7. The zero-order valence-electron chi connectivity index (χ0n) is 22.0. The lowest BCUT2D eigenvalue weighted by Crippen LogP contribution is -2.49. The second-order valence-corrected chi connectivity index (χ2v) is 11.7. The lowest BCUT2D eigenvalue weighted by atomic mass is 9.71. The van der Waals surface area contributed by atoms with Gasteiger partial charge in [-0.05, 0) is 55.4 Å². The van der Waals surface area contributed by atoms with E-state index in [4.69, 9.17) is 14.7 Å². The van der Waals surface area contributed by atoms with Gasteiger partial charge >= 0.3 is 0 Å². The average molecular weight is 548 g/mol. The first kappa shape index (κ1) is 25.8. The molecule has 1 aromatic carbocycles. The van der Waals surface area contributed by atoms with E-state index < -0.39 is 0 Å². The van der Waals surface area contributed by atoms with Gasteiger partial charge in [-0.2, -0.15) is 0 Å². The molecule has 1 spiro atoms. The number of likely N-dealkylation sites (tertiary alicyclic amines) is 2. The summed E-state index contributed by atoms with van der Waals surface area (Å²) in [5, 5.41) is 10.0. The van der Waals surface area contributed by atoms with Crippen LogP contribution in [-0.4, -0.2) is 89.2 Å². The fraction of sp³-hybridized carbons (Fsp3) is 0.448. The van der Waals surface area contributed by atoms with Gasteiger partial charge in [-0.15, -0.1) is 11.3 Å². The number of rotatable bonds is 4. The van der Waals surface area contributed by atoms with Crippen molar-refractivity contribution >= 4 is 39.2 Å². The van der Waals surface area contributed by atoms with Crippen LogP contribution < -0.4 is 4.90 Å². The van der Waals surface area contributed by atoms with Crippen LogP contribution in [0.25, 0.3) is 21.6 Å². The predicted octanol–water partition coefficient (Wildman–Crippen LogP) is 3.93. The van der Waals surface area contributed by atoms with Crippen molar-refractivity contribution < 1.29 is 19.4 Å². The molecule has 0 bridgehead atoms. The Bertz CT molecular complexity index is 1400. The Balaban J connectivity index is 1.23. The van der Waals surface area contributed by atoms with E-state index in [9.17, 15) is 14.7 Å². The number of aromatic nitrogens is 2. The highest BCUT2D eigenvalue weighted by Crippen LogP contribution is 2.42. The zero-order chi connectivity index (χ0) is 27.0. The largest absolute Gasteiger partial charge is 0.508 e. The summed E-state index contributed by atoms with van der Waals surface area (Å²) in [7, 11) is 0. The number of anilines is 1. The molecule has 0 unspecified atom stereocenters. The van der Waals surface area contributed by atoms with Crippen LogP contribution in [-0.2, 0) is 9.53 Å². The van der Waals surface area contributed by atoms with E-state index in [0.717, 1.165) is 86.5 Å². The van der Waals surface area contributed by atoms with Crippen molar-refractivity contribution in [3.8, 4) is 17.1 Å². The first-order valence-electron chi connectivity index (χ1n) is 13.6. The van der Waals surface area contributed by atoms with E-state index in [1.807, 2.05) is 21.9 Å². The number of benzene rings is 1. The summed E-state index contributed by atoms with van der Waals surface area (Å²) in [5.74, 6) is 1.54. The SMILES string of the molecule is C=CC(=O)N1CCC2(CC1)CCN(C(=O)c1cc3nc(-c4cccc(O)c4)nc(N4CCOCC4)c3s1)CC2. The van der Waals surface area contributed by atoms with Crippen LogP contribution in [0.15, 0.2) is 43.0 Å². The average Bonchev–Trinajstić information content (AvgIpc) is 3.42. The molecule has 10 heteroatoms. The maximum Gasteiger partial charge on any atom is 0.264 e. The number of carbonyl (C=O) groups excluding carboxylic acids is 2. The summed E-state index contributed by atoms with van der Waals surface area (Å²) in [6.07, 6.45) is 5.27. The highest BCUT2D eigenvalue weighted by Gasteiger charge is 2.39. The normalized spacial score (nSPS) is 19.4. The Morgan fingerprint density at radius 2 is 1.67 bits per heavy atom. The molecule has 9 nitrogen and oxygen atoms in total. The molecule has 1 N–H and O–H groups in total. The van der Waals surface area contributed by atoms with Crippen molar-refractivity contribution in [2.24, 2.45) is 5.41 Å². The van der Waals surface area contributed by atoms with Gasteiger partial charge in [0.15, 0.2) is 11.6 Å². The van der Waals surface area contributed by atoms with Crippen LogP contribution in [0.3, 0.4) is 0 Å². The number of piperidine rings is 2. The highest BCUT2D eigenvalue weighted by atomic mass is 32.1. The number of hydrogen-bond donors (Lipinski definition) is 1. The third kappa shape index (κ3) is 5.10. The third-order valence-corrected chi connectivity index (χ3v) is 9.51. The third-order valence-electron chi connectivity index (χ3n) is 8.40. The maximum atomic E-state index is 13.7. The highest BCUT2D eigenvalue weighted by molar-refractivity contribution is 7.21. The summed E-state index contributed by atoms with van der Waals surface area (Å²) in [4.78, 5) is 42.1. The fourth-order valence-corrected chi connectivity index (χ4v) is 7.04. The lowest BCUT2D eigenvalue weighted by Gasteiger charge is -2.46. The Morgan fingerprint density at radius 1 is 0.974 bits per heavy atom. The van der Waals surface area contributed by atoms with Crippen molar-refractivity contribution in [2.45, 2.75) is 25.7 Å². The van der Waals surface area contributed by atoms with E-state index in [0.29, 0.717) is 23.9 Å². The molecule has 0 aliphatic carbocycles. The molecule has 2 aromatic heterocycles. The second kappa shape index (κ2) is 10.6. The lowest BCUT2D eigenvalue weighted by molar-refractivity contribution is -0.128. The molecule has 3 fully saturated rings. The van der Waals surface area contributed by atoms with Crippen molar-refractivity contribution in [2.75, 3.05) is 57.4 Å². The van der Waals surface area contributed by atoms with Crippen LogP contribution in [0, 0.1) is 5.41 Å². The number of aromatic hydroxyl groups is 1. The Labute approximate surface area is 231 Å². The van der Waals surface area contributed by atoms with Crippen LogP contribution in [0.4, 0.5) is 5.82 Å². The van der Waals surface area contributed by atoms with Crippen LogP contribution in [0.5, 0.6) is 5.75 Å². The minimum atomic E-state index is 0.00833. The summed E-state index contributed by atoms with van der Waals surface area (Å²) >= 11 is 1.46. The zero-order valence-corrected chi connectivity index (χ0v) is 22.8. The van der Waals surface area contributed by atoms with Gasteiger partial charge in [-0.3, -0.25) is 9.59 Å². The van der Waals surface area contributed by atoms with E-state index >= 15 is 0 Å². The molecule has 0 saturated carbocycles. The summed E-state index contributed by atoms with van der Waals surface area (Å²) in [6, 6.07) is 8.83. The quantitative estimate of drug-likeness (QED) is 0.494. The molecule has 5 heterocycles. The summed E-state index contributed by atoms with van der Waals surface area (Å²) in [6.45, 7) is 9.26. The van der Waals surface area contributed by atoms with Gasteiger partial charge in [0.25, 0.3) is 5.91 Å². The molecule has 3 aliphatic rings. The molecular weight excluding hydrogens is 514 g/mol. The number of thiophene rings is 1. The molecule has 6 rings (SSSR count).